The summed E-state index contributed by atoms with van der Waals surface area (Å²) in [5.41, 5.74) is 7.77. The SMILES string of the molecule is COc1cc(O)c(C2CC(CN)CN2C)cc1C. The largest absolute Gasteiger partial charge is 0.507 e. The summed E-state index contributed by atoms with van der Waals surface area (Å²) < 4.78 is 5.22. The summed E-state index contributed by atoms with van der Waals surface area (Å²) in [5, 5.41) is 10.1. The smallest absolute Gasteiger partial charge is 0.125 e. The summed E-state index contributed by atoms with van der Waals surface area (Å²) in [4.78, 5) is 2.26. The van der Waals surface area contributed by atoms with Gasteiger partial charge in [-0.15, -0.1) is 0 Å². The molecule has 0 spiro atoms. The van der Waals surface area contributed by atoms with E-state index in [1.807, 2.05) is 13.0 Å². The number of methoxy groups -OCH3 is 1. The quantitative estimate of drug-likeness (QED) is 0.856. The molecule has 0 aromatic heterocycles. The molecule has 1 fully saturated rings. The number of hydrogen-bond donors (Lipinski definition) is 2. The predicted molar refractivity (Wildman–Crippen MR) is 71.9 cm³/mol. The van der Waals surface area contributed by atoms with Crippen molar-refractivity contribution < 1.29 is 9.84 Å². The maximum atomic E-state index is 10.1. The third-order valence-corrected chi connectivity index (χ3v) is 3.87. The van der Waals surface area contributed by atoms with Gasteiger partial charge in [-0.2, -0.15) is 0 Å². The second-order valence-electron chi connectivity index (χ2n) is 5.17. The molecule has 1 heterocycles. The molecule has 4 nitrogen and oxygen atoms in total. The highest BCUT2D eigenvalue weighted by atomic mass is 16.5. The molecule has 1 saturated heterocycles. The van der Waals surface area contributed by atoms with Crippen LogP contribution in [0.2, 0.25) is 0 Å². The summed E-state index contributed by atoms with van der Waals surface area (Å²) in [5.74, 6) is 1.56. The van der Waals surface area contributed by atoms with Crippen molar-refractivity contribution in [3.05, 3.63) is 23.3 Å². The maximum absolute atomic E-state index is 10.1. The first-order chi connectivity index (χ1) is 8.56. The Kier molecular flexibility index (Phi) is 3.78. The first kappa shape index (κ1) is 13.2. The molecule has 1 aliphatic rings. The summed E-state index contributed by atoms with van der Waals surface area (Å²) in [6, 6.07) is 3.98. The van der Waals surface area contributed by atoms with E-state index in [9.17, 15) is 5.11 Å². The third-order valence-electron chi connectivity index (χ3n) is 3.87. The minimum Gasteiger partial charge on any atom is -0.507 e. The lowest BCUT2D eigenvalue weighted by molar-refractivity contribution is 0.305. The highest BCUT2D eigenvalue weighted by Crippen LogP contribution is 2.40. The van der Waals surface area contributed by atoms with Gasteiger partial charge in [0, 0.05) is 24.2 Å². The number of hydrogen-bond acceptors (Lipinski definition) is 4. The number of phenols is 1. The number of phenolic OH excluding ortho intramolecular Hbond substituents is 1. The molecule has 0 radical (unpaired) electrons. The van der Waals surface area contributed by atoms with E-state index in [2.05, 4.69) is 11.9 Å². The lowest BCUT2D eigenvalue weighted by atomic mass is 9.97. The van der Waals surface area contributed by atoms with Gasteiger partial charge in [-0.05, 0) is 44.5 Å². The van der Waals surface area contributed by atoms with Gasteiger partial charge in [0.25, 0.3) is 0 Å². The molecule has 0 saturated carbocycles. The van der Waals surface area contributed by atoms with Crippen LogP contribution in [0.3, 0.4) is 0 Å². The zero-order chi connectivity index (χ0) is 13.3. The normalized spacial score (nSPS) is 24.4. The van der Waals surface area contributed by atoms with E-state index in [0.717, 1.165) is 29.8 Å². The van der Waals surface area contributed by atoms with Crippen molar-refractivity contribution in [1.82, 2.24) is 4.90 Å². The molecular weight excluding hydrogens is 228 g/mol. The molecular formula is C14H22N2O2. The molecule has 100 valence electrons. The van der Waals surface area contributed by atoms with Gasteiger partial charge < -0.3 is 15.6 Å². The average molecular weight is 250 g/mol. The van der Waals surface area contributed by atoms with Crippen LogP contribution in [-0.4, -0.2) is 37.3 Å². The van der Waals surface area contributed by atoms with E-state index in [1.165, 1.54) is 0 Å². The Morgan fingerprint density at radius 2 is 2.22 bits per heavy atom. The van der Waals surface area contributed by atoms with Gasteiger partial charge >= 0.3 is 0 Å². The van der Waals surface area contributed by atoms with Crippen LogP contribution < -0.4 is 10.5 Å². The van der Waals surface area contributed by atoms with Crippen LogP contribution in [0.4, 0.5) is 0 Å². The number of aromatic hydroxyl groups is 1. The molecule has 1 aromatic rings. The maximum Gasteiger partial charge on any atom is 0.125 e. The van der Waals surface area contributed by atoms with Crippen molar-refractivity contribution in [3.63, 3.8) is 0 Å². The van der Waals surface area contributed by atoms with E-state index in [1.54, 1.807) is 13.2 Å². The molecule has 0 amide bonds. The second-order valence-corrected chi connectivity index (χ2v) is 5.17. The van der Waals surface area contributed by atoms with Crippen LogP contribution in [-0.2, 0) is 0 Å². The van der Waals surface area contributed by atoms with E-state index >= 15 is 0 Å². The number of aryl methyl sites for hydroxylation is 1. The van der Waals surface area contributed by atoms with Crippen molar-refractivity contribution in [2.24, 2.45) is 11.7 Å². The van der Waals surface area contributed by atoms with Crippen molar-refractivity contribution >= 4 is 0 Å². The van der Waals surface area contributed by atoms with E-state index in [4.69, 9.17) is 10.5 Å². The molecule has 0 bridgehead atoms. The molecule has 2 unspecified atom stereocenters. The highest BCUT2D eigenvalue weighted by Gasteiger charge is 2.31. The van der Waals surface area contributed by atoms with Crippen LogP contribution >= 0.6 is 0 Å². The van der Waals surface area contributed by atoms with Gasteiger partial charge in [0.2, 0.25) is 0 Å². The average Bonchev–Trinajstić information content (AvgIpc) is 2.73. The Hall–Kier alpha value is -1.26. The molecule has 1 aliphatic heterocycles. The van der Waals surface area contributed by atoms with Gasteiger partial charge in [0.05, 0.1) is 7.11 Å². The van der Waals surface area contributed by atoms with Gasteiger partial charge in [-0.3, -0.25) is 4.90 Å². The van der Waals surface area contributed by atoms with Gasteiger partial charge in [0.1, 0.15) is 11.5 Å². The van der Waals surface area contributed by atoms with Gasteiger partial charge in [0.15, 0.2) is 0 Å². The van der Waals surface area contributed by atoms with Crippen molar-refractivity contribution in [1.29, 1.82) is 0 Å². The zero-order valence-corrected chi connectivity index (χ0v) is 11.3. The van der Waals surface area contributed by atoms with Crippen LogP contribution in [0.5, 0.6) is 11.5 Å². The number of nitrogens with two attached hydrogens (primary N) is 1. The predicted octanol–water partition coefficient (Wildman–Crippen LogP) is 1.66. The Bertz CT molecular complexity index is 434. The highest BCUT2D eigenvalue weighted by molar-refractivity contribution is 5.47. The van der Waals surface area contributed by atoms with E-state index in [0.29, 0.717) is 18.2 Å². The summed E-state index contributed by atoms with van der Waals surface area (Å²) in [6.07, 6.45) is 1.01. The van der Waals surface area contributed by atoms with Gasteiger partial charge in [-0.1, -0.05) is 0 Å². The first-order valence-corrected chi connectivity index (χ1v) is 6.34. The fourth-order valence-electron chi connectivity index (χ4n) is 2.83. The molecule has 1 aromatic carbocycles. The minimum atomic E-state index is 0.253. The molecule has 3 N–H and O–H groups in total. The van der Waals surface area contributed by atoms with Gasteiger partial charge in [-0.25, -0.2) is 0 Å². The number of nitrogens with zero attached hydrogens (tertiary/aromatic N) is 1. The number of likely N-dealkylation sites (tertiary alicyclic amines) is 1. The number of ether oxygens (including phenoxy) is 1. The fraction of sp³-hybridized carbons (Fsp3) is 0.571. The summed E-state index contributed by atoms with van der Waals surface area (Å²) in [6.45, 7) is 3.69. The fourth-order valence-corrected chi connectivity index (χ4v) is 2.83. The van der Waals surface area contributed by atoms with Crippen LogP contribution in [0.15, 0.2) is 12.1 Å². The van der Waals surface area contributed by atoms with Crippen molar-refractivity contribution in [3.8, 4) is 11.5 Å². The Morgan fingerprint density at radius 1 is 1.50 bits per heavy atom. The summed E-state index contributed by atoms with van der Waals surface area (Å²) >= 11 is 0. The van der Waals surface area contributed by atoms with Crippen LogP contribution in [0.1, 0.15) is 23.6 Å². The molecule has 18 heavy (non-hydrogen) atoms. The zero-order valence-electron chi connectivity index (χ0n) is 11.3. The molecule has 4 heteroatoms. The first-order valence-electron chi connectivity index (χ1n) is 6.34. The monoisotopic (exact) mass is 250 g/mol. The molecule has 2 atom stereocenters. The standard InChI is InChI=1S/C14H22N2O2/c1-9-4-11(13(17)6-14(9)18-3)12-5-10(7-15)8-16(12)2/h4,6,10,12,17H,5,7-8,15H2,1-3H3. The number of benzene rings is 1. The topological polar surface area (TPSA) is 58.7 Å². The Labute approximate surface area is 108 Å². The van der Waals surface area contributed by atoms with E-state index in [-0.39, 0.29) is 6.04 Å². The third kappa shape index (κ3) is 2.31. The second kappa shape index (κ2) is 5.16. The minimum absolute atomic E-state index is 0.253. The van der Waals surface area contributed by atoms with E-state index < -0.39 is 0 Å². The summed E-state index contributed by atoms with van der Waals surface area (Å²) in [7, 11) is 3.70. The Morgan fingerprint density at radius 3 is 2.78 bits per heavy atom. The molecule has 0 aliphatic carbocycles. The molecule has 2 rings (SSSR count). The lowest BCUT2D eigenvalue weighted by Gasteiger charge is -2.21. The Balaban J connectivity index is 2.31. The van der Waals surface area contributed by atoms with Crippen LogP contribution in [0, 0.1) is 12.8 Å². The number of rotatable bonds is 3. The lowest BCUT2D eigenvalue weighted by Crippen LogP contribution is -2.20. The van der Waals surface area contributed by atoms with Crippen LogP contribution in [0.25, 0.3) is 0 Å². The van der Waals surface area contributed by atoms with Crippen molar-refractivity contribution in [2.75, 3.05) is 27.2 Å². The van der Waals surface area contributed by atoms with Crippen molar-refractivity contribution in [2.45, 2.75) is 19.4 Å².